The Morgan fingerprint density at radius 1 is 0.947 bits per heavy atom. The number of ether oxygens (including phenoxy) is 1. The topological polar surface area (TPSA) is 22.1 Å². The zero-order valence-electron chi connectivity index (χ0n) is 9.48. The molecule has 0 N–H and O–H groups in total. The molecule has 0 saturated heterocycles. The van der Waals surface area contributed by atoms with E-state index in [1.165, 1.54) is 19.1 Å². The Kier molecular flexibility index (Phi) is 3.37. The monoisotopic (exact) mass is 275 g/mol. The lowest BCUT2D eigenvalue weighted by molar-refractivity contribution is 0.342. The molecule has 19 heavy (non-hydrogen) atoms. The molecule has 0 spiro atoms. The molecule has 2 aromatic rings. The first-order valence-corrected chi connectivity index (χ1v) is 5.04. The maximum atomic E-state index is 13.2. The molecule has 1 aromatic heterocycles. The van der Waals surface area contributed by atoms with Gasteiger partial charge in [0, 0.05) is 6.07 Å². The van der Waals surface area contributed by atoms with Crippen LogP contribution in [-0.2, 0) is 0 Å². The molecule has 0 amide bonds. The SMILES string of the molecule is Cc1ccc(Oc2c(F)c(F)nc(F)c2F)cc1F. The van der Waals surface area contributed by atoms with Crippen LogP contribution >= 0.6 is 0 Å². The molecule has 7 heteroatoms. The Morgan fingerprint density at radius 2 is 1.53 bits per heavy atom. The van der Waals surface area contributed by atoms with Crippen molar-refractivity contribution < 1.29 is 26.7 Å². The predicted molar refractivity (Wildman–Crippen MR) is 55.3 cm³/mol. The van der Waals surface area contributed by atoms with E-state index in [9.17, 15) is 22.0 Å². The fourth-order valence-corrected chi connectivity index (χ4v) is 1.31. The highest BCUT2D eigenvalue weighted by molar-refractivity contribution is 5.34. The highest BCUT2D eigenvalue weighted by Gasteiger charge is 2.23. The zero-order valence-corrected chi connectivity index (χ0v) is 9.48. The van der Waals surface area contributed by atoms with Crippen LogP contribution in [0.1, 0.15) is 5.56 Å². The second-order valence-electron chi connectivity index (χ2n) is 3.66. The van der Waals surface area contributed by atoms with Gasteiger partial charge in [0.25, 0.3) is 11.9 Å². The van der Waals surface area contributed by atoms with Crippen LogP contribution in [0.5, 0.6) is 11.5 Å². The molecule has 0 radical (unpaired) electrons. The number of halogens is 5. The van der Waals surface area contributed by atoms with Gasteiger partial charge in [0.05, 0.1) is 0 Å². The van der Waals surface area contributed by atoms with Crippen LogP contribution in [0.3, 0.4) is 0 Å². The quantitative estimate of drug-likeness (QED) is 0.613. The van der Waals surface area contributed by atoms with Gasteiger partial charge in [-0.3, -0.25) is 0 Å². The molecule has 0 aliphatic rings. The molecule has 0 fully saturated rings. The molecule has 100 valence electrons. The van der Waals surface area contributed by atoms with E-state index in [4.69, 9.17) is 0 Å². The number of nitrogens with zero attached hydrogens (tertiary/aromatic N) is 1. The molecular weight excluding hydrogens is 269 g/mol. The molecule has 0 atom stereocenters. The predicted octanol–water partition coefficient (Wildman–Crippen LogP) is 3.88. The van der Waals surface area contributed by atoms with Gasteiger partial charge in [-0.25, -0.2) is 4.39 Å². The third-order valence-electron chi connectivity index (χ3n) is 2.32. The largest absolute Gasteiger partial charge is 0.451 e. The minimum atomic E-state index is -1.85. The highest BCUT2D eigenvalue weighted by atomic mass is 19.2. The van der Waals surface area contributed by atoms with Gasteiger partial charge < -0.3 is 4.74 Å². The smallest absolute Gasteiger partial charge is 0.255 e. The van der Waals surface area contributed by atoms with E-state index in [1.54, 1.807) is 0 Å². The lowest BCUT2D eigenvalue weighted by Gasteiger charge is -2.09. The van der Waals surface area contributed by atoms with Crippen molar-refractivity contribution in [1.29, 1.82) is 0 Å². The fourth-order valence-electron chi connectivity index (χ4n) is 1.31. The summed E-state index contributed by atoms with van der Waals surface area (Å²) in [5.74, 6) is -9.57. The van der Waals surface area contributed by atoms with Crippen LogP contribution in [0, 0.1) is 36.3 Å². The first kappa shape index (κ1) is 13.3. The second kappa shape index (κ2) is 4.83. The molecule has 0 aliphatic carbocycles. The molecule has 1 heterocycles. The van der Waals surface area contributed by atoms with E-state index in [0.29, 0.717) is 0 Å². The second-order valence-corrected chi connectivity index (χ2v) is 3.66. The molecule has 2 nitrogen and oxygen atoms in total. The number of hydrogen-bond donors (Lipinski definition) is 0. The Labute approximate surface area is 104 Å². The first-order valence-electron chi connectivity index (χ1n) is 5.04. The number of aryl methyl sites for hydroxylation is 1. The normalized spacial score (nSPS) is 10.6. The van der Waals surface area contributed by atoms with E-state index >= 15 is 0 Å². The number of pyridine rings is 1. The fraction of sp³-hybridized carbons (Fsp3) is 0.0833. The van der Waals surface area contributed by atoms with E-state index in [1.807, 2.05) is 0 Å². The van der Waals surface area contributed by atoms with Gasteiger partial charge in [-0.05, 0) is 18.6 Å². The first-order chi connectivity index (χ1) is 8.90. The van der Waals surface area contributed by atoms with Gasteiger partial charge in [0.1, 0.15) is 11.6 Å². The minimum Gasteiger partial charge on any atom is -0.451 e. The third-order valence-corrected chi connectivity index (χ3v) is 2.32. The summed E-state index contributed by atoms with van der Waals surface area (Å²) >= 11 is 0. The summed E-state index contributed by atoms with van der Waals surface area (Å²) in [4.78, 5) is 2.37. The summed E-state index contributed by atoms with van der Waals surface area (Å²) in [5, 5.41) is 0. The Bertz CT molecular complexity index is 618. The summed E-state index contributed by atoms with van der Waals surface area (Å²) in [6.45, 7) is 1.46. The van der Waals surface area contributed by atoms with Gasteiger partial charge in [0.15, 0.2) is 0 Å². The van der Waals surface area contributed by atoms with Gasteiger partial charge in [-0.2, -0.15) is 22.5 Å². The van der Waals surface area contributed by atoms with Crippen molar-refractivity contribution in [1.82, 2.24) is 4.98 Å². The minimum absolute atomic E-state index is 0.278. The summed E-state index contributed by atoms with van der Waals surface area (Å²) in [7, 11) is 0. The third kappa shape index (κ3) is 2.49. The summed E-state index contributed by atoms with van der Waals surface area (Å²) in [6.07, 6.45) is 0. The molecule has 0 aliphatic heterocycles. The van der Waals surface area contributed by atoms with Crippen LogP contribution in [0.15, 0.2) is 18.2 Å². The zero-order chi connectivity index (χ0) is 14.2. The van der Waals surface area contributed by atoms with Crippen LogP contribution < -0.4 is 4.74 Å². The standard InChI is InChI=1S/C12H6F5NO/c1-5-2-3-6(4-7(5)13)19-10-8(14)11(16)18-12(17)9(10)15/h2-4H,1H3. The van der Waals surface area contributed by atoms with Crippen molar-refractivity contribution in [2.45, 2.75) is 6.92 Å². The lowest BCUT2D eigenvalue weighted by atomic mass is 10.2. The van der Waals surface area contributed by atoms with Crippen LogP contribution in [0.2, 0.25) is 0 Å². The van der Waals surface area contributed by atoms with Crippen LogP contribution in [0.4, 0.5) is 22.0 Å². The Hall–Kier alpha value is -2.18. The van der Waals surface area contributed by atoms with E-state index in [2.05, 4.69) is 9.72 Å². The van der Waals surface area contributed by atoms with Crippen molar-refractivity contribution >= 4 is 0 Å². The average molecular weight is 275 g/mol. The molecule has 1 aromatic carbocycles. The number of benzene rings is 1. The average Bonchev–Trinajstić information content (AvgIpc) is 2.36. The van der Waals surface area contributed by atoms with E-state index in [-0.39, 0.29) is 11.3 Å². The highest BCUT2D eigenvalue weighted by Crippen LogP contribution is 2.30. The van der Waals surface area contributed by atoms with Crippen molar-refractivity contribution in [3.8, 4) is 11.5 Å². The lowest BCUT2D eigenvalue weighted by Crippen LogP contribution is -2.03. The number of aromatic nitrogens is 1. The number of hydrogen-bond acceptors (Lipinski definition) is 2. The molecule has 2 rings (SSSR count). The van der Waals surface area contributed by atoms with Gasteiger partial charge >= 0.3 is 0 Å². The maximum absolute atomic E-state index is 13.2. The van der Waals surface area contributed by atoms with E-state index in [0.717, 1.165) is 6.07 Å². The summed E-state index contributed by atoms with van der Waals surface area (Å²) in [6, 6.07) is 3.33. The Morgan fingerprint density at radius 3 is 2.05 bits per heavy atom. The van der Waals surface area contributed by atoms with Crippen LogP contribution in [0.25, 0.3) is 0 Å². The van der Waals surface area contributed by atoms with Crippen molar-refractivity contribution in [3.63, 3.8) is 0 Å². The summed E-state index contributed by atoms with van der Waals surface area (Å²) in [5.41, 5.74) is 0.278. The molecule has 0 bridgehead atoms. The van der Waals surface area contributed by atoms with E-state index < -0.39 is 35.1 Å². The van der Waals surface area contributed by atoms with Gasteiger partial charge in [-0.1, -0.05) is 6.07 Å². The molecular formula is C12H6F5NO. The van der Waals surface area contributed by atoms with Crippen molar-refractivity contribution in [2.75, 3.05) is 0 Å². The van der Waals surface area contributed by atoms with Gasteiger partial charge in [-0.15, -0.1) is 0 Å². The maximum Gasteiger partial charge on any atom is 0.255 e. The Balaban J connectivity index is 2.46. The molecule has 0 unspecified atom stereocenters. The van der Waals surface area contributed by atoms with Crippen molar-refractivity contribution in [2.24, 2.45) is 0 Å². The number of rotatable bonds is 2. The van der Waals surface area contributed by atoms with Gasteiger partial charge in [0.2, 0.25) is 17.4 Å². The van der Waals surface area contributed by atoms with Crippen LogP contribution in [-0.4, -0.2) is 4.98 Å². The molecule has 0 saturated carbocycles. The summed E-state index contributed by atoms with van der Waals surface area (Å²) < 4.78 is 70.0. The van der Waals surface area contributed by atoms with Crippen molar-refractivity contribution in [3.05, 3.63) is 53.1 Å².